The summed E-state index contributed by atoms with van der Waals surface area (Å²) in [6.45, 7) is 1.27. The molecule has 0 atom stereocenters. The van der Waals surface area contributed by atoms with Gasteiger partial charge in [-0.25, -0.2) is 9.97 Å². The van der Waals surface area contributed by atoms with Crippen molar-refractivity contribution in [3.05, 3.63) is 77.2 Å². The van der Waals surface area contributed by atoms with Crippen molar-refractivity contribution in [3.8, 4) is 23.0 Å². The van der Waals surface area contributed by atoms with Gasteiger partial charge in [-0.05, 0) is 41.8 Å². The van der Waals surface area contributed by atoms with E-state index in [9.17, 15) is 0 Å². The number of nitrogens with two attached hydrogens (primary N) is 1. The molecule has 3 rings (SSSR count). The van der Waals surface area contributed by atoms with Crippen molar-refractivity contribution in [2.24, 2.45) is 5.73 Å². The summed E-state index contributed by atoms with van der Waals surface area (Å²) in [7, 11) is 0. The molecule has 0 aliphatic rings. The predicted octanol–water partition coefficient (Wildman–Crippen LogP) is 3.57. The first-order valence-corrected chi connectivity index (χ1v) is 8.26. The third kappa shape index (κ3) is 4.80. The monoisotopic (exact) mass is 348 g/mol. The van der Waals surface area contributed by atoms with E-state index < -0.39 is 0 Å². The van der Waals surface area contributed by atoms with Crippen molar-refractivity contribution in [1.82, 2.24) is 9.97 Å². The molecule has 0 spiro atoms. The maximum absolute atomic E-state index is 5.91. The van der Waals surface area contributed by atoms with Gasteiger partial charge in [0.25, 0.3) is 0 Å². The number of nitrogens with one attached hydrogen (secondary N) is 1. The van der Waals surface area contributed by atoms with Gasteiger partial charge in [-0.2, -0.15) is 0 Å². The fraction of sp³-hybridized carbons (Fsp3) is 0.100. The summed E-state index contributed by atoms with van der Waals surface area (Å²) in [6.07, 6.45) is 3.54. The van der Waals surface area contributed by atoms with Crippen molar-refractivity contribution in [2.75, 3.05) is 18.4 Å². The molecule has 0 fully saturated rings. The molecule has 0 saturated heterocycles. The third-order valence-electron chi connectivity index (χ3n) is 3.49. The lowest BCUT2D eigenvalue weighted by atomic mass is 10.1. The van der Waals surface area contributed by atoms with Gasteiger partial charge in [0.1, 0.15) is 11.5 Å². The van der Waals surface area contributed by atoms with Crippen LogP contribution in [0.15, 0.2) is 60.9 Å². The van der Waals surface area contributed by atoms with Crippen LogP contribution in [0.2, 0.25) is 5.02 Å². The molecular formula is C20H17ClN4. The van der Waals surface area contributed by atoms with Crippen LogP contribution >= 0.6 is 11.6 Å². The van der Waals surface area contributed by atoms with Crippen LogP contribution in [-0.2, 0) is 0 Å². The number of aromatic nitrogens is 2. The summed E-state index contributed by atoms with van der Waals surface area (Å²) >= 11 is 5.91. The summed E-state index contributed by atoms with van der Waals surface area (Å²) in [5.74, 6) is 6.91. The number of hydrogen-bond acceptors (Lipinski definition) is 4. The van der Waals surface area contributed by atoms with E-state index in [1.165, 1.54) is 0 Å². The van der Waals surface area contributed by atoms with Gasteiger partial charge in [-0.3, -0.25) is 0 Å². The Morgan fingerprint density at radius 3 is 2.32 bits per heavy atom. The minimum Gasteiger partial charge on any atom is -0.369 e. The summed E-state index contributed by atoms with van der Waals surface area (Å²) in [4.78, 5) is 8.69. The maximum atomic E-state index is 5.91. The first kappa shape index (κ1) is 17.0. The highest BCUT2D eigenvalue weighted by Crippen LogP contribution is 2.20. The van der Waals surface area contributed by atoms with Crippen LogP contribution in [-0.4, -0.2) is 23.1 Å². The number of pyridine rings is 2. The Kier molecular flexibility index (Phi) is 5.63. The summed E-state index contributed by atoms with van der Waals surface area (Å²) in [5, 5.41) is 3.84. The lowest BCUT2D eigenvalue weighted by molar-refractivity contribution is 1.01. The average molecular weight is 349 g/mol. The molecule has 2 heterocycles. The van der Waals surface area contributed by atoms with Crippen molar-refractivity contribution in [1.29, 1.82) is 0 Å². The molecule has 1 aromatic carbocycles. The van der Waals surface area contributed by atoms with Gasteiger partial charge in [-0.1, -0.05) is 35.7 Å². The lowest BCUT2D eigenvalue weighted by Crippen LogP contribution is -2.13. The zero-order chi connectivity index (χ0) is 17.5. The molecule has 0 unspecified atom stereocenters. The third-order valence-corrected chi connectivity index (χ3v) is 3.74. The maximum Gasteiger partial charge on any atom is 0.126 e. The van der Waals surface area contributed by atoms with Crippen LogP contribution in [0.4, 0.5) is 5.82 Å². The summed E-state index contributed by atoms with van der Waals surface area (Å²) in [6, 6.07) is 15.4. The van der Waals surface area contributed by atoms with Crippen LogP contribution in [0.3, 0.4) is 0 Å². The Labute approximate surface area is 152 Å². The SMILES string of the molecule is NCCNc1ccc(C#Cc2ccc(-c3ccc(Cl)cc3)cn2)cn1. The molecule has 0 amide bonds. The minimum absolute atomic E-state index is 0.570. The van der Waals surface area contributed by atoms with Crippen LogP contribution in [0.1, 0.15) is 11.3 Å². The van der Waals surface area contributed by atoms with Crippen molar-refractivity contribution in [3.63, 3.8) is 0 Å². The number of nitrogens with zero attached hydrogens (tertiary/aromatic N) is 2. The summed E-state index contributed by atoms with van der Waals surface area (Å²) in [5.41, 5.74) is 9.09. The molecular weight excluding hydrogens is 332 g/mol. The van der Waals surface area contributed by atoms with Gasteiger partial charge in [-0.15, -0.1) is 0 Å². The largest absolute Gasteiger partial charge is 0.369 e. The normalized spacial score (nSPS) is 10.0. The van der Waals surface area contributed by atoms with Gasteiger partial charge >= 0.3 is 0 Å². The smallest absolute Gasteiger partial charge is 0.126 e. The lowest BCUT2D eigenvalue weighted by Gasteiger charge is -2.02. The van der Waals surface area contributed by atoms with E-state index >= 15 is 0 Å². The van der Waals surface area contributed by atoms with Gasteiger partial charge < -0.3 is 11.1 Å². The van der Waals surface area contributed by atoms with Crippen LogP contribution in [0.5, 0.6) is 0 Å². The van der Waals surface area contributed by atoms with Crippen molar-refractivity contribution in [2.45, 2.75) is 0 Å². The Morgan fingerprint density at radius 2 is 1.68 bits per heavy atom. The quantitative estimate of drug-likeness (QED) is 0.707. The van der Waals surface area contributed by atoms with Crippen LogP contribution in [0, 0.1) is 11.8 Å². The first-order valence-electron chi connectivity index (χ1n) is 7.88. The fourth-order valence-corrected chi connectivity index (χ4v) is 2.32. The molecule has 124 valence electrons. The highest BCUT2D eigenvalue weighted by Gasteiger charge is 1.98. The van der Waals surface area contributed by atoms with E-state index in [0.717, 1.165) is 27.5 Å². The second-order valence-electron chi connectivity index (χ2n) is 5.34. The molecule has 25 heavy (non-hydrogen) atoms. The average Bonchev–Trinajstić information content (AvgIpc) is 2.67. The van der Waals surface area contributed by atoms with Gasteiger partial charge in [0.15, 0.2) is 0 Å². The highest BCUT2D eigenvalue weighted by atomic mass is 35.5. The topological polar surface area (TPSA) is 63.8 Å². The van der Waals surface area contributed by atoms with Gasteiger partial charge in [0, 0.05) is 41.6 Å². The van der Waals surface area contributed by atoms with Crippen molar-refractivity contribution < 1.29 is 0 Å². The van der Waals surface area contributed by atoms with Crippen LogP contribution < -0.4 is 11.1 Å². The van der Waals surface area contributed by atoms with E-state index in [0.29, 0.717) is 18.8 Å². The molecule has 4 nitrogen and oxygen atoms in total. The molecule has 0 saturated carbocycles. The second kappa shape index (κ2) is 8.29. The molecule has 5 heteroatoms. The number of halogens is 1. The van der Waals surface area contributed by atoms with E-state index in [2.05, 4.69) is 27.1 Å². The van der Waals surface area contributed by atoms with E-state index in [1.54, 1.807) is 6.20 Å². The Morgan fingerprint density at radius 1 is 0.880 bits per heavy atom. The Bertz CT molecular complexity index is 876. The molecule has 2 aromatic heterocycles. The highest BCUT2D eigenvalue weighted by molar-refractivity contribution is 6.30. The predicted molar refractivity (Wildman–Crippen MR) is 102 cm³/mol. The number of anilines is 1. The molecule has 3 aromatic rings. The zero-order valence-electron chi connectivity index (χ0n) is 13.5. The summed E-state index contributed by atoms with van der Waals surface area (Å²) < 4.78 is 0. The molecule has 0 aliphatic heterocycles. The van der Waals surface area contributed by atoms with Crippen LogP contribution in [0.25, 0.3) is 11.1 Å². The Hall–Kier alpha value is -2.87. The molecule has 0 aliphatic carbocycles. The van der Waals surface area contributed by atoms with Gasteiger partial charge in [0.2, 0.25) is 0 Å². The van der Waals surface area contributed by atoms with E-state index in [4.69, 9.17) is 17.3 Å². The number of hydrogen-bond donors (Lipinski definition) is 2. The molecule has 3 N–H and O–H groups in total. The van der Waals surface area contributed by atoms with Crippen molar-refractivity contribution >= 4 is 17.4 Å². The van der Waals surface area contributed by atoms with E-state index in [1.807, 2.05) is 54.7 Å². The standard InChI is InChI=1S/C20H17ClN4/c21-18-6-3-16(4-7-18)17-5-9-19(24-14-17)8-1-15-2-10-20(25-13-15)23-12-11-22/h2-7,9-10,13-14H,11-12,22H2,(H,23,25). The zero-order valence-corrected chi connectivity index (χ0v) is 14.3. The molecule has 0 radical (unpaired) electrons. The van der Waals surface area contributed by atoms with E-state index in [-0.39, 0.29) is 0 Å². The Balaban J connectivity index is 1.69. The second-order valence-corrected chi connectivity index (χ2v) is 5.77. The number of rotatable bonds is 4. The van der Waals surface area contributed by atoms with Gasteiger partial charge in [0.05, 0.1) is 0 Å². The number of benzene rings is 1. The molecule has 0 bridgehead atoms. The fourth-order valence-electron chi connectivity index (χ4n) is 2.19. The first-order chi connectivity index (χ1) is 12.2. The minimum atomic E-state index is 0.570.